The molecule has 0 spiro atoms. The monoisotopic (exact) mass is 336 g/mol. The standard InChI is InChI=1S/C14H13BrN2OS/c1-19-11-4-2-9(3-5-11)14(18)13(15)10-6-7-17-12(16)8-10/h2-8,13H,1H3,(H2,16,17)/t13-/m1/s1. The van der Waals surface area contributed by atoms with Crippen molar-refractivity contribution in [2.45, 2.75) is 9.72 Å². The summed E-state index contributed by atoms with van der Waals surface area (Å²) >= 11 is 5.07. The molecule has 19 heavy (non-hydrogen) atoms. The van der Waals surface area contributed by atoms with Crippen LogP contribution in [0, 0.1) is 0 Å². The van der Waals surface area contributed by atoms with Gasteiger partial charge < -0.3 is 5.73 Å². The Bertz CT molecular complexity index is 586. The number of Topliss-reactive ketones (excluding diaryl/α,β-unsaturated/α-hetero) is 1. The first-order chi connectivity index (χ1) is 9.11. The second-order valence-corrected chi connectivity index (χ2v) is 5.76. The molecule has 1 atom stereocenters. The first-order valence-corrected chi connectivity index (χ1v) is 7.79. The Hall–Kier alpha value is -1.33. The Balaban J connectivity index is 2.23. The molecule has 3 nitrogen and oxygen atoms in total. The molecule has 0 aliphatic heterocycles. The number of hydrogen-bond donors (Lipinski definition) is 1. The van der Waals surface area contributed by atoms with Crippen molar-refractivity contribution in [2.24, 2.45) is 0 Å². The number of ketones is 1. The van der Waals surface area contributed by atoms with Crippen LogP contribution in [0.1, 0.15) is 20.7 Å². The number of nitrogen functional groups attached to an aromatic ring is 1. The molecule has 5 heteroatoms. The van der Waals surface area contributed by atoms with Gasteiger partial charge in [-0.2, -0.15) is 0 Å². The van der Waals surface area contributed by atoms with Gasteiger partial charge in [0, 0.05) is 16.7 Å². The van der Waals surface area contributed by atoms with Crippen LogP contribution in [0.5, 0.6) is 0 Å². The van der Waals surface area contributed by atoms with E-state index in [0.717, 1.165) is 10.5 Å². The van der Waals surface area contributed by atoms with Crippen LogP contribution in [0.15, 0.2) is 47.5 Å². The van der Waals surface area contributed by atoms with Crippen LogP contribution in [0.4, 0.5) is 5.82 Å². The van der Waals surface area contributed by atoms with Crippen molar-refractivity contribution in [2.75, 3.05) is 12.0 Å². The fourth-order valence-corrected chi connectivity index (χ4v) is 2.63. The average molecular weight is 337 g/mol. The maximum absolute atomic E-state index is 12.3. The number of anilines is 1. The Morgan fingerprint density at radius 2 is 2.00 bits per heavy atom. The highest BCUT2D eigenvalue weighted by Crippen LogP contribution is 2.28. The lowest BCUT2D eigenvalue weighted by molar-refractivity contribution is 0.0991. The molecule has 0 aliphatic rings. The molecular formula is C14H13BrN2OS. The van der Waals surface area contributed by atoms with Crippen molar-refractivity contribution in [3.63, 3.8) is 0 Å². The zero-order chi connectivity index (χ0) is 13.8. The van der Waals surface area contributed by atoms with E-state index in [-0.39, 0.29) is 5.78 Å². The third-order valence-corrected chi connectivity index (χ3v) is 4.39. The van der Waals surface area contributed by atoms with E-state index in [2.05, 4.69) is 20.9 Å². The number of rotatable bonds is 4. The number of pyridine rings is 1. The SMILES string of the molecule is CSc1ccc(C(=O)[C@H](Br)c2ccnc(N)c2)cc1. The van der Waals surface area contributed by atoms with Gasteiger partial charge in [-0.25, -0.2) is 4.98 Å². The molecule has 0 saturated carbocycles. The molecule has 98 valence electrons. The third-order valence-electron chi connectivity index (χ3n) is 2.70. The van der Waals surface area contributed by atoms with Crippen molar-refractivity contribution in [1.82, 2.24) is 4.98 Å². The summed E-state index contributed by atoms with van der Waals surface area (Å²) in [7, 11) is 0. The van der Waals surface area contributed by atoms with Crippen LogP contribution in [-0.4, -0.2) is 17.0 Å². The Morgan fingerprint density at radius 1 is 1.32 bits per heavy atom. The minimum absolute atomic E-state index is 0.0123. The fourth-order valence-electron chi connectivity index (χ4n) is 1.68. The number of nitrogens with zero attached hydrogens (tertiary/aromatic N) is 1. The van der Waals surface area contributed by atoms with Crippen LogP contribution < -0.4 is 5.73 Å². The molecule has 2 rings (SSSR count). The number of hydrogen-bond acceptors (Lipinski definition) is 4. The van der Waals surface area contributed by atoms with Gasteiger partial charge in [-0.15, -0.1) is 11.8 Å². The lowest BCUT2D eigenvalue weighted by Gasteiger charge is -2.10. The molecule has 0 saturated heterocycles. The zero-order valence-electron chi connectivity index (χ0n) is 10.3. The Kier molecular flexibility index (Phi) is 4.61. The Labute approximate surface area is 124 Å². The third kappa shape index (κ3) is 3.36. The zero-order valence-corrected chi connectivity index (χ0v) is 12.7. The number of alkyl halides is 1. The Morgan fingerprint density at radius 3 is 2.58 bits per heavy atom. The number of nitrogens with two attached hydrogens (primary N) is 1. The molecule has 0 fully saturated rings. The van der Waals surface area contributed by atoms with E-state index in [4.69, 9.17) is 5.73 Å². The van der Waals surface area contributed by atoms with Gasteiger partial charge in [0.1, 0.15) is 10.6 Å². The molecule has 0 radical (unpaired) electrons. The molecule has 1 aromatic heterocycles. The number of carbonyl (C=O) groups excluding carboxylic acids is 1. The summed E-state index contributed by atoms with van der Waals surface area (Å²) in [6.45, 7) is 0. The molecule has 1 heterocycles. The summed E-state index contributed by atoms with van der Waals surface area (Å²) in [5.74, 6) is 0.422. The molecule has 1 aromatic carbocycles. The summed E-state index contributed by atoms with van der Waals surface area (Å²) in [5.41, 5.74) is 7.11. The normalized spacial score (nSPS) is 12.1. The van der Waals surface area contributed by atoms with Crippen molar-refractivity contribution in [1.29, 1.82) is 0 Å². The van der Waals surface area contributed by atoms with Crippen LogP contribution in [0.25, 0.3) is 0 Å². The maximum Gasteiger partial charge on any atom is 0.180 e. The van der Waals surface area contributed by atoms with Gasteiger partial charge in [-0.3, -0.25) is 4.79 Å². The van der Waals surface area contributed by atoms with Crippen molar-refractivity contribution < 1.29 is 4.79 Å². The lowest BCUT2D eigenvalue weighted by Crippen LogP contribution is -2.07. The van der Waals surface area contributed by atoms with Crippen LogP contribution in [0.2, 0.25) is 0 Å². The van der Waals surface area contributed by atoms with Crippen molar-refractivity contribution in [3.8, 4) is 0 Å². The molecule has 0 unspecified atom stereocenters. The molecule has 2 N–H and O–H groups in total. The number of halogens is 1. The number of benzene rings is 1. The van der Waals surface area contributed by atoms with Crippen LogP contribution in [-0.2, 0) is 0 Å². The number of aromatic nitrogens is 1. The van der Waals surface area contributed by atoms with Gasteiger partial charge in [0.2, 0.25) is 0 Å². The average Bonchev–Trinajstić information content (AvgIpc) is 2.46. The summed E-state index contributed by atoms with van der Waals surface area (Å²) in [5, 5.41) is 0. The summed E-state index contributed by atoms with van der Waals surface area (Å²) in [6.07, 6.45) is 3.60. The van der Waals surface area contributed by atoms with Gasteiger partial charge in [0.05, 0.1) is 0 Å². The predicted molar refractivity (Wildman–Crippen MR) is 82.9 cm³/mol. The summed E-state index contributed by atoms with van der Waals surface area (Å²) in [4.78, 5) is 17.0. The van der Waals surface area contributed by atoms with Crippen molar-refractivity contribution >= 4 is 39.3 Å². The number of carbonyl (C=O) groups is 1. The largest absolute Gasteiger partial charge is 0.384 e. The van der Waals surface area contributed by atoms with Gasteiger partial charge in [0.15, 0.2) is 5.78 Å². The molecule has 2 aromatic rings. The first-order valence-electron chi connectivity index (χ1n) is 5.65. The molecule has 0 amide bonds. The lowest BCUT2D eigenvalue weighted by atomic mass is 10.0. The van der Waals surface area contributed by atoms with Crippen LogP contribution in [0.3, 0.4) is 0 Å². The number of thioether (sulfide) groups is 1. The van der Waals surface area contributed by atoms with Gasteiger partial charge in [-0.05, 0) is 36.1 Å². The highest BCUT2D eigenvalue weighted by Gasteiger charge is 2.19. The second-order valence-electron chi connectivity index (χ2n) is 3.97. The molecule has 0 bridgehead atoms. The highest BCUT2D eigenvalue weighted by molar-refractivity contribution is 9.09. The second kappa shape index (κ2) is 6.21. The van der Waals surface area contributed by atoms with Gasteiger partial charge in [-0.1, -0.05) is 28.1 Å². The van der Waals surface area contributed by atoms with E-state index in [1.165, 1.54) is 0 Å². The topological polar surface area (TPSA) is 56.0 Å². The van der Waals surface area contributed by atoms with E-state index in [9.17, 15) is 4.79 Å². The molecule has 0 aliphatic carbocycles. The van der Waals surface area contributed by atoms with Gasteiger partial charge >= 0.3 is 0 Å². The fraction of sp³-hybridized carbons (Fsp3) is 0.143. The highest BCUT2D eigenvalue weighted by atomic mass is 79.9. The van der Waals surface area contributed by atoms with Crippen LogP contribution >= 0.6 is 27.7 Å². The van der Waals surface area contributed by atoms with E-state index in [1.54, 1.807) is 30.1 Å². The quantitative estimate of drug-likeness (QED) is 0.525. The molecular weight excluding hydrogens is 324 g/mol. The minimum atomic E-state index is -0.405. The summed E-state index contributed by atoms with van der Waals surface area (Å²) < 4.78 is 0. The van der Waals surface area contributed by atoms with E-state index in [1.807, 2.05) is 30.5 Å². The van der Waals surface area contributed by atoms with E-state index in [0.29, 0.717) is 11.4 Å². The van der Waals surface area contributed by atoms with E-state index >= 15 is 0 Å². The predicted octanol–water partition coefficient (Wildman–Crippen LogP) is 3.70. The minimum Gasteiger partial charge on any atom is -0.384 e. The van der Waals surface area contributed by atoms with Crippen molar-refractivity contribution in [3.05, 3.63) is 53.7 Å². The first kappa shape index (κ1) is 14.1. The van der Waals surface area contributed by atoms with Gasteiger partial charge in [0.25, 0.3) is 0 Å². The summed E-state index contributed by atoms with van der Waals surface area (Å²) in [6, 6.07) is 11.1. The van der Waals surface area contributed by atoms with E-state index < -0.39 is 4.83 Å². The maximum atomic E-state index is 12.3. The smallest absolute Gasteiger partial charge is 0.180 e.